The Morgan fingerprint density at radius 1 is 0.867 bits per heavy atom. The van der Waals surface area contributed by atoms with Gasteiger partial charge in [-0.3, -0.25) is 0 Å². The molecule has 1 heterocycles. The first-order chi connectivity index (χ1) is 7.43. The zero-order chi connectivity index (χ0) is 10.1. The van der Waals surface area contributed by atoms with E-state index in [2.05, 4.69) is 48.5 Å². The van der Waals surface area contributed by atoms with Crippen molar-refractivity contribution in [2.45, 2.75) is 0 Å². The van der Waals surface area contributed by atoms with Crippen LogP contribution in [0.4, 0.5) is 0 Å². The van der Waals surface area contributed by atoms with Crippen molar-refractivity contribution >= 4 is 21.4 Å². The molecular formula is C14H9S. The van der Waals surface area contributed by atoms with Gasteiger partial charge in [0.25, 0.3) is 0 Å². The molecule has 0 N–H and O–H groups in total. The molecule has 0 nitrogen and oxygen atoms in total. The fraction of sp³-hybridized carbons (Fsp3) is 0. The minimum absolute atomic E-state index is 1.21. The van der Waals surface area contributed by atoms with Gasteiger partial charge >= 0.3 is 0 Å². The molecule has 1 heteroatoms. The van der Waals surface area contributed by atoms with Crippen molar-refractivity contribution in [3.63, 3.8) is 0 Å². The molecule has 0 aliphatic rings. The molecule has 0 atom stereocenters. The zero-order valence-corrected chi connectivity index (χ0v) is 8.92. The minimum Gasteiger partial charge on any atom is -0.143 e. The molecule has 15 heavy (non-hydrogen) atoms. The highest BCUT2D eigenvalue weighted by atomic mass is 32.1. The van der Waals surface area contributed by atoms with E-state index in [1.165, 1.54) is 21.2 Å². The highest BCUT2D eigenvalue weighted by Gasteiger charge is 1.99. The van der Waals surface area contributed by atoms with Gasteiger partial charge in [-0.15, -0.1) is 11.3 Å². The first-order valence-corrected chi connectivity index (χ1v) is 5.76. The number of hydrogen-bond donors (Lipinski definition) is 0. The summed E-state index contributed by atoms with van der Waals surface area (Å²) in [6.45, 7) is 0. The van der Waals surface area contributed by atoms with Gasteiger partial charge in [0.1, 0.15) is 0 Å². The first-order valence-electron chi connectivity index (χ1n) is 4.88. The van der Waals surface area contributed by atoms with Crippen LogP contribution in [0.25, 0.3) is 21.2 Å². The van der Waals surface area contributed by atoms with Crippen LogP contribution in [0.15, 0.2) is 53.9 Å². The van der Waals surface area contributed by atoms with Crippen molar-refractivity contribution in [2.24, 2.45) is 0 Å². The molecule has 71 valence electrons. The van der Waals surface area contributed by atoms with Crippen molar-refractivity contribution in [2.75, 3.05) is 0 Å². The number of hydrogen-bond acceptors (Lipinski definition) is 1. The number of rotatable bonds is 1. The lowest BCUT2D eigenvalue weighted by atomic mass is 10.0. The molecule has 0 unspecified atom stereocenters. The molecule has 3 rings (SSSR count). The van der Waals surface area contributed by atoms with Crippen molar-refractivity contribution in [3.8, 4) is 11.1 Å². The predicted octanol–water partition coefficient (Wildman–Crippen LogP) is 4.37. The van der Waals surface area contributed by atoms with E-state index in [1.54, 1.807) is 11.3 Å². The number of fused-ring (bicyclic) bond motifs is 1. The van der Waals surface area contributed by atoms with Crippen LogP contribution in [0.5, 0.6) is 0 Å². The van der Waals surface area contributed by atoms with E-state index < -0.39 is 0 Å². The summed E-state index contributed by atoms with van der Waals surface area (Å²) in [5.41, 5.74) is 2.52. The van der Waals surface area contributed by atoms with Gasteiger partial charge < -0.3 is 0 Å². The highest BCUT2D eigenvalue weighted by molar-refractivity contribution is 7.17. The molecular weight excluding hydrogens is 200 g/mol. The first kappa shape index (κ1) is 8.69. The lowest BCUT2D eigenvalue weighted by Gasteiger charge is -2.00. The molecule has 0 spiro atoms. The van der Waals surface area contributed by atoms with Crippen LogP contribution >= 0.6 is 11.3 Å². The van der Waals surface area contributed by atoms with Crippen molar-refractivity contribution < 1.29 is 0 Å². The van der Waals surface area contributed by atoms with Crippen LogP contribution < -0.4 is 0 Å². The Kier molecular flexibility index (Phi) is 2.04. The molecule has 0 aliphatic carbocycles. The Labute approximate surface area is 92.8 Å². The van der Waals surface area contributed by atoms with Gasteiger partial charge in [-0.1, -0.05) is 36.4 Å². The molecule has 1 aromatic heterocycles. The van der Waals surface area contributed by atoms with Gasteiger partial charge in [0.05, 0.1) is 0 Å². The second-order valence-electron chi connectivity index (χ2n) is 3.46. The molecule has 1 radical (unpaired) electrons. The minimum atomic E-state index is 1.21. The molecule has 0 saturated carbocycles. The van der Waals surface area contributed by atoms with Crippen molar-refractivity contribution in [3.05, 3.63) is 60.0 Å². The van der Waals surface area contributed by atoms with Crippen LogP contribution in [-0.2, 0) is 0 Å². The third-order valence-electron chi connectivity index (χ3n) is 2.49. The summed E-state index contributed by atoms with van der Waals surface area (Å²) in [6, 6.07) is 20.2. The van der Waals surface area contributed by atoms with Crippen LogP contribution in [0, 0.1) is 6.07 Å². The van der Waals surface area contributed by atoms with Crippen molar-refractivity contribution in [1.82, 2.24) is 0 Å². The van der Waals surface area contributed by atoms with Gasteiger partial charge in [-0.05, 0) is 28.6 Å². The standard InChI is InChI=1S/C14H9S/c1-2-4-11(5-3-1)12-6-7-14-13(10-12)8-9-15-14/h1-7,9-10H. The average molecular weight is 209 g/mol. The fourth-order valence-electron chi connectivity index (χ4n) is 1.71. The summed E-state index contributed by atoms with van der Waals surface area (Å²) in [6.07, 6.45) is 0. The highest BCUT2D eigenvalue weighted by Crippen LogP contribution is 2.26. The molecule has 0 aliphatic heterocycles. The van der Waals surface area contributed by atoms with Crippen LogP contribution in [0.3, 0.4) is 0 Å². The van der Waals surface area contributed by atoms with Gasteiger partial charge in [-0.2, -0.15) is 0 Å². The smallest absolute Gasteiger partial charge is 0.0349 e. The van der Waals surface area contributed by atoms with Crippen LogP contribution in [-0.4, -0.2) is 0 Å². The Morgan fingerprint density at radius 2 is 1.73 bits per heavy atom. The largest absolute Gasteiger partial charge is 0.143 e. The van der Waals surface area contributed by atoms with E-state index in [4.69, 9.17) is 0 Å². The molecule has 0 saturated heterocycles. The summed E-state index contributed by atoms with van der Waals surface area (Å²) in [4.78, 5) is 0. The van der Waals surface area contributed by atoms with Gasteiger partial charge in [0.2, 0.25) is 0 Å². The van der Waals surface area contributed by atoms with E-state index in [0.29, 0.717) is 0 Å². The maximum absolute atomic E-state index is 3.25. The fourth-order valence-corrected chi connectivity index (χ4v) is 2.42. The van der Waals surface area contributed by atoms with Crippen LogP contribution in [0.1, 0.15) is 0 Å². The maximum atomic E-state index is 3.25. The predicted molar refractivity (Wildman–Crippen MR) is 66.1 cm³/mol. The van der Waals surface area contributed by atoms with Crippen LogP contribution in [0.2, 0.25) is 0 Å². The Hall–Kier alpha value is -1.60. The zero-order valence-electron chi connectivity index (χ0n) is 8.10. The topological polar surface area (TPSA) is 0 Å². The molecule has 0 fully saturated rings. The summed E-state index contributed by atoms with van der Waals surface area (Å²) < 4.78 is 1.30. The van der Waals surface area contributed by atoms with E-state index in [9.17, 15) is 0 Å². The molecule has 3 aromatic rings. The van der Waals surface area contributed by atoms with E-state index in [0.717, 1.165) is 0 Å². The molecule has 2 aromatic carbocycles. The summed E-state index contributed by atoms with van der Waals surface area (Å²) in [5, 5.41) is 3.22. The lowest BCUT2D eigenvalue weighted by Crippen LogP contribution is -1.75. The third-order valence-corrected chi connectivity index (χ3v) is 3.33. The maximum Gasteiger partial charge on any atom is 0.0349 e. The Balaban J connectivity index is 2.19. The van der Waals surface area contributed by atoms with Crippen molar-refractivity contribution in [1.29, 1.82) is 0 Å². The van der Waals surface area contributed by atoms with Gasteiger partial charge in [-0.25, -0.2) is 0 Å². The normalized spacial score (nSPS) is 10.7. The number of thiophene rings is 1. The van der Waals surface area contributed by atoms with E-state index in [-0.39, 0.29) is 0 Å². The van der Waals surface area contributed by atoms with E-state index >= 15 is 0 Å². The Bertz CT molecular complexity index is 578. The second-order valence-corrected chi connectivity index (χ2v) is 4.37. The molecule has 0 bridgehead atoms. The summed E-state index contributed by atoms with van der Waals surface area (Å²) in [5.74, 6) is 0. The monoisotopic (exact) mass is 209 g/mol. The Morgan fingerprint density at radius 3 is 2.60 bits per heavy atom. The third kappa shape index (κ3) is 1.55. The summed E-state index contributed by atoms with van der Waals surface area (Å²) >= 11 is 1.74. The van der Waals surface area contributed by atoms with E-state index in [1.807, 2.05) is 11.4 Å². The average Bonchev–Trinajstić information content (AvgIpc) is 2.77. The number of benzene rings is 2. The quantitative estimate of drug-likeness (QED) is 0.558. The van der Waals surface area contributed by atoms with Gasteiger partial charge in [0, 0.05) is 16.2 Å². The summed E-state index contributed by atoms with van der Waals surface area (Å²) in [7, 11) is 0. The lowest BCUT2D eigenvalue weighted by molar-refractivity contribution is 1.65. The van der Waals surface area contributed by atoms with Gasteiger partial charge in [0.15, 0.2) is 0 Å². The molecule has 0 amide bonds. The SMILES string of the molecule is [c]1csc2ccc(-c3ccccc3)cc12. The second kappa shape index (κ2) is 3.52.